The Labute approximate surface area is 484 Å². The van der Waals surface area contributed by atoms with Crippen molar-refractivity contribution >= 4 is 67.1 Å². The van der Waals surface area contributed by atoms with Crippen molar-refractivity contribution in [3.63, 3.8) is 0 Å². The zero-order chi connectivity index (χ0) is 63.1. The number of alkyl halides is 2. The largest absolute Gasteiger partial charge is 0.695 e. The summed E-state index contributed by atoms with van der Waals surface area (Å²) < 4.78 is 118. The third-order valence-electron chi connectivity index (χ3n) is 13.4. The fourth-order valence-electron chi connectivity index (χ4n) is 8.72. The molecule has 84 heavy (non-hydrogen) atoms. The molecule has 12 N–H and O–H groups in total. The van der Waals surface area contributed by atoms with Gasteiger partial charge in [0.1, 0.15) is 77.1 Å². The highest BCUT2D eigenvalue weighted by atomic mass is 32.7. The number of halogens is 2. The smallest absolute Gasteiger partial charge is 0.393 e. The van der Waals surface area contributed by atoms with Crippen LogP contribution in [0.15, 0.2) is 65.7 Å². The molecule has 42 heteroatoms. The van der Waals surface area contributed by atoms with Crippen molar-refractivity contribution in [3.8, 4) is 0 Å². The van der Waals surface area contributed by atoms with Gasteiger partial charge in [0.05, 0.1) is 26.4 Å². The fraction of sp³-hybridized carbons (Fsp3) is 0.619. The second-order valence-electron chi connectivity index (χ2n) is 19.6. The van der Waals surface area contributed by atoms with E-state index in [1.54, 1.807) is 13.8 Å². The lowest BCUT2D eigenvalue weighted by Crippen LogP contribution is -2.43. The number of anilines is 2. The van der Waals surface area contributed by atoms with Crippen LogP contribution in [0.5, 0.6) is 0 Å². The van der Waals surface area contributed by atoms with Gasteiger partial charge in [0.15, 0.2) is 43.1 Å². The fourth-order valence-corrected chi connectivity index (χ4v) is 11.5. The highest BCUT2D eigenvalue weighted by molar-refractivity contribution is 8.39. The standard InChI is InChI=1S/C11H15N2O7P.C11H15N2O6PS.C10H13FN3O6P.C10H13FN3O5PS/c1-6-4-13(10(16)12-9(6)15)8-3-7(20-21(17)18)11(2,5-14)19-8;1-6-4-13(10(16)12-9(6)15)8-3-7(19-20(17)21)11(2,5-14)18-8;1-10(4-15)7(20-21(17)18)6(11)8(19-10)14-3-2-5(12)13-9(14)16;1-10(4-15)7(19-20(17)21)6(11)8(18-10)14-3-2-5(12)13-9(14)16/h4,7-8,14H,3,5H2,1-2H3,(H-,12,15,16,17,18);4,7-8,14H,3,5H2,1-2H3,(H-,12,15,16,17,21);2-3,6-8,15H,4H2,1H3,(H2-,12,13,16,17,18);2-3,6-8,15H,4H2,1H3,(H2-,12,13,16,17,21)/p+4/t2*7?,8-,11-;2*6-,7?,8+,10+/m1100/s1. The summed E-state index contributed by atoms with van der Waals surface area (Å²) in [5.74, 6) is -0.0541. The molecule has 34 nitrogen and oxygen atoms in total. The quantitative estimate of drug-likeness (QED) is 0.0516. The summed E-state index contributed by atoms with van der Waals surface area (Å²) in [6, 6.07) is 2.58. The molecule has 4 aliphatic heterocycles. The van der Waals surface area contributed by atoms with Gasteiger partial charge in [-0.2, -0.15) is 9.97 Å². The number of aliphatic hydroxyl groups excluding tert-OH is 4. The van der Waals surface area contributed by atoms with Crippen molar-refractivity contribution in [2.24, 2.45) is 0 Å². The first-order valence-corrected chi connectivity index (χ1v) is 31.1. The first kappa shape index (κ1) is 69.9. The second-order valence-corrected chi connectivity index (χ2v) is 24.3. The van der Waals surface area contributed by atoms with E-state index in [1.807, 2.05) is 0 Å². The number of nitrogens with two attached hydrogens (primary N) is 2. The third-order valence-corrected chi connectivity index (χ3v) is 15.6. The van der Waals surface area contributed by atoms with E-state index >= 15 is 0 Å². The molecule has 4 aliphatic rings. The Morgan fingerprint density at radius 1 is 0.595 bits per heavy atom. The molecule has 8 unspecified atom stereocenters. The maximum atomic E-state index is 14.5. The Balaban J connectivity index is 0.000000205. The first-order valence-electron chi connectivity index (χ1n) is 24.2. The Morgan fingerprint density at radius 3 is 1.26 bits per heavy atom. The van der Waals surface area contributed by atoms with E-state index in [-0.39, 0.29) is 31.1 Å². The van der Waals surface area contributed by atoms with Gasteiger partial charge < -0.3 is 50.8 Å². The maximum absolute atomic E-state index is 14.5. The molecule has 4 fully saturated rings. The molecule has 0 aromatic carbocycles. The number of aromatic amines is 2. The van der Waals surface area contributed by atoms with Crippen molar-refractivity contribution in [2.45, 2.75) is 138 Å². The lowest BCUT2D eigenvalue weighted by molar-refractivity contribution is -0.113. The normalized spacial score (nSPS) is 31.4. The number of aryl methyl sites for hydroxylation is 2. The number of nitrogen functional groups attached to an aromatic ring is 2. The average Bonchev–Trinajstić information content (AvgIpc) is 2.00. The molecule has 8 rings (SSSR count). The Morgan fingerprint density at radius 2 is 0.940 bits per heavy atom. The monoisotopic (exact) mass is 1310 g/mol. The maximum Gasteiger partial charge on any atom is 0.695 e. The van der Waals surface area contributed by atoms with E-state index in [0.717, 1.165) is 9.13 Å². The minimum absolute atomic E-state index is 0.0131. The molecule has 4 aromatic rings. The van der Waals surface area contributed by atoms with Crippen molar-refractivity contribution in [3.05, 3.63) is 111 Å². The van der Waals surface area contributed by atoms with Crippen molar-refractivity contribution in [1.82, 2.24) is 38.2 Å². The van der Waals surface area contributed by atoms with Crippen LogP contribution in [0, 0.1) is 13.8 Å². The van der Waals surface area contributed by atoms with Crippen LogP contribution >= 0.6 is 55.5 Å². The average molecular weight is 1320 g/mol. The summed E-state index contributed by atoms with van der Waals surface area (Å²) in [7, 11) is -10.6. The molecule has 0 bridgehead atoms. The molecule has 4 aromatic heterocycles. The highest BCUT2D eigenvalue weighted by Gasteiger charge is 2.60. The van der Waals surface area contributed by atoms with Gasteiger partial charge in [0.25, 0.3) is 11.1 Å². The van der Waals surface area contributed by atoms with Crippen molar-refractivity contribution in [2.75, 3.05) is 37.9 Å². The SMILES string of the molecule is C[C@]1(CO)O[C@@H](n2ccc(N)nc2=O)[C@@H](F)C1O[P+](=O)O.C[C@]1(CO)O[C@@H](n2ccc(N)nc2=O)[C@@H](F)C1O[P+](=O)S.Cc1cn([C@H]2CC(O[P+](=O)O)[C@@](C)(CO)O2)c(=O)[nH]c1=O.Cc1cn([C@H]2CC(O[P+](=O)S)[C@@](C)(CO)O2)c(=O)[nH]c1=O. The molecule has 464 valence electrons. The molecule has 0 amide bonds. The lowest BCUT2D eigenvalue weighted by atomic mass is 9.99. The summed E-state index contributed by atoms with van der Waals surface area (Å²) in [6.45, 7) is 6.80. The molecule has 0 radical (unpaired) electrons. The minimum atomic E-state index is -3.11. The Bertz CT molecular complexity index is 3240. The Hall–Kier alpha value is -4.88. The number of ether oxygens (including phenoxy) is 4. The number of rotatable bonds is 16. The van der Waals surface area contributed by atoms with Crippen molar-refractivity contribution in [1.29, 1.82) is 0 Å². The number of nitrogens with zero attached hydrogens (tertiary/aromatic N) is 6. The number of thiol groups is 2. The van der Waals surface area contributed by atoms with Gasteiger partial charge in [0.2, 0.25) is 0 Å². The molecular formula is C42H60F2N10O24P4S2+4. The van der Waals surface area contributed by atoms with Crippen LogP contribution in [0.1, 0.15) is 76.6 Å². The molecule has 18 atom stereocenters. The summed E-state index contributed by atoms with van der Waals surface area (Å²) in [6.07, 6.45) is -7.21. The van der Waals surface area contributed by atoms with Gasteiger partial charge in [-0.05, 0) is 62.8 Å². The third kappa shape index (κ3) is 16.4. The summed E-state index contributed by atoms with van der Waals surface area (Å²) in [5.41, 5.74) is 2.09. The van der Waals surface area contributed by atoms with E-state index in [4.69, 9.17) is 53.8 Å². The first-order chi connectivity index (χ1) is 39.1. The zero-order valence-corrected chi connectivity index (χ0v) is 50.2. The highest BCUT2D eigenvalue weighted by Crippen LogP contribution is 2.47. The van der Waals surface area contributed by atoms with E-state index in [2.05, 4.69) is 49.0 Å². The van der Waals surface area contributed by atoms with Gasteiger partial charge in [0, 0.05) is 57.9 Å². The second kappa shape index (κ2) is 28.8. The number of aliphatic hydroxyl groups is 4. The molecule has 8 heterocycles. The van der Waals surface area contributed by atoms with Gasteiger partial charge in [-0.3, -0.25) is 37.8 Å². The predicted octanol–water partition coefficient (Wildman–Crippen LogP) is -0.0688. The number of aromatic nitrogens is 8. The Kier molecular flexibility index (Phi) is 23.9. The van der Waals surface area contributed by atoms with Crippen LogP contribution < -0.4 is 45.3 Å². The molecular weight excluding hydrogens is 1250 g/mol. The van der Waals surface area contributed by atoms with Gasteiger partial charge in [-0.15, -0.1) is 27.9 Å². The summed E-state index contributed by atoms with van der Waals surface area (Å²) >= 11 is 7.26. The minimum Gasteiger partial charge on any atom is -0.393 e. The van der Waals surface area contributed by atoms with E-state index < -0.39 is 169 Å². The van der Waals surface area contributed by atoms with Gasteiger partial charge in [-0.1, -0.05) is 0 Å². The van der Waals surface area contributed by atoms with Gasteiger partial charge in [-0.25, -0.2) is 28.0 Å². The predicted molar refractivity (Wildman–Crippen MR) is 292 cm³/mol. The van der Waals surface area contributed by atoms with Crippen molar-refractivity contribution < 1.29 is 94.3 Å². The zero-order valence-electron chi connectivity index (χ0n) is 44.8. The number of nitrogens with one attached hydrogen (secondary N) is 2. The number of hydrogen-bond donors (Lipinski definition) is 12. The van der Waals surface area contributed by atoms with Crippen LogP contribution in [0.2, 0.25) is 0 Å². The van der Waals surface area contributed by atoms with Crippen LogP contribution in [0.4, 0.5) is 20.4 Å². The number of hydrogen-bond acceptors (Lipinski definition) is 26. The number of H-pyrrole nitrogens is 2. The van der Waals surface area contributed by atoms with Crippen LogP contribution in [-0.2, 0) is 55.3 Å². The van der Waals surface area contributed by atoms with Crippen LogP contribution in [0.3, 0.4) is 0 Å². The molecule has 0 spiro atoms. The topological polar surface area (TPSA) is 495 Å². The summed E-state index contributed by atoms with van der Waals surface area (Å²) in [5, 5.41) is 37.6. The van der Waals surface area contributed by atoms with E-state index in [9.17, 15) is 76.2 Å². The lowest BCUT2D eigenvalue weighted by Gasteiger charge is -2.24. The summed E-state index contributed by atoms with van der Waals surface area (Å²) in [4.78, 5) is 98.8. The molecule has 0 saturated carbocycles. The van der Waals surface area contributed by atoms with E-state index in [0.29, 0.717) is 11.1 Å². The van der Waals surface area contributed by atoms with Crippen LogP contribution in [-0.4, -0.2) is 154 Å². The van der Waals surface area contributed by atoms with E-state index in [1.165, 1.54) is 73.7 Å². The van der Waals surface area contributed by atoms with Crippen LogP contribution in [0.25, 0.3) is 0 Å². The molecule has 4 saturated heterocycles. The van der Waals surface area contributed by atoms with Gasteiger partial charge >= 0.3 is 53.7 Å². The molecule has 0 aliphatic carbocycles.